The summed E-state index contributed by atoms with van der Waals surface area (Å²) in [6, 6.07) is 16.3. The Kier molecular flexibility index (Phi) is 6.45. The van der Waals surface area contributed by atoms with E-state index >= 15 is 0 Å². The summed E-state index contributed by atoms with van der Waals surface area (Å²) < 4.78 is 0. The number of nitrogens with one attached hydrogen (secondary N) is 3. The molecular weight excluding hydrogens is 380 g/mol. The van der Waals surface area contributed by atoms with Crippen molar-refractivity contribution in [3.8, 4) is 0 Å². The Bertz CT molecular complexity index is 884. The van der Waals surface area contributed by atoms with Crippen LogP contribution in [0.1, 0.15) is 6.92 Å². The van der Waals surface area contributed by atoms with Gasteiger partial charge in [0.15, 0.2) is 5.13 Å². The average molecular weight is 399 g/mol. The van der Waals surface area contributed by atoms with Gasteiger partial charge in [-0.1, -0.05) is 18.2 Å². The number of carbonyl (C=O) groups is 2. The summed E-state index contributed by atoms with van der Waals surface area (Å²) in [5.41, 5.74) is 1.40. The first-order valence-electron chi connectivity index (χ1n) is 8.20. The number of rotatable bonds is 6. The molecule has 0 saturated heterocycles. The molecule has 0 fully saturated rings. The van der Waals surface area contributed by atoms with Crippen molar-refractivity contribution >= 4 is 51.5 Å². The van der Waals surface area contributed by atoms with Crippen molar-refractivity contribution in [2.24, 2.45) is 0 Å². The highest BCUT2D eigenvalue weighted by Gasteiger charge is 2.15. The molecule has 3 rings (SSSR count). The molecule has 3 aromatic rings. The van der Waals surface area contributed by atoms with Gasteiger partial charge in [-0.3, -0.25) is 4.79 Å². The Hall–Kier alpha value is -2.84. The molecule has 0 aliphatic carbocycles. The zero-order valence-corrected chi connectivity index (χ0v) is 16.1. The smallest absolute Gasteiger partial charge is 0.308 e. The van der Waals surface area contributed by atoms with Crippen molar-refractivity contribution < 1.29 is 9.59 Å². The van der Waals surface area contributed by atoms with Crippen molar-refractivity contribution in [3.63, 3.8) is 0 Å². The standard InChI is InChI=1S/C19H18N4O2S2/c1-13(17(24)23-19-20-11-12-26-19)27-16-9-7-15(8-10-16)22-18(25)21-14-5-3-2-4-6-14/h2-13H,1H3,(H,20,23,24)(H2,21,22,25)/t13-/m0/s1. The van der Waals surface area contributed by atoms with E-state index in [0.29, 0.717) is 10.8 Å². The Morgan fingerprint density at radius 2 is 1.63 bits per heavy atom. The van der Waals surface area contributed by atoms with Crippen LogP contribution in [0.4, 0.5) is 21.3 Å². The third-order valence-corrected chi connectivity index (χ3v) is 5.29. The normalized spacial score (nSPS) is 11.4. The first-order valence-corrected chi connectivity index (χ1v) is 9.96. The van der Waals surface area contributed by atoms with Crippen LogP contribution in [0.15, 0.2) is 71.1 Å². The Morgan fingerprint density at radius 3 is 2.26 bits per heavy atom. The minimum absolute atomic E-state index is 0.0978. The number of amides is 3. The van der Waals surface area contributed by atoms with Crippen molar-refractivity contribution in [1.29, 1.82) is 0 Å². The monoisotopic (exact) mass is 398 g/mol. The zero-order valence-electron chi connectivity index (χ0n) is 14.5. The van der Waals surface area contributed by atoms with Crippen LogP contribution in [0.3, 0.4) is 0 Å². The maximum absolute atomic E-state index is 12.2. The lowest BCUT2D eigenvalue weighted by molar-refractivity contribution is -0.115. The second-order valence-corrected chi connectivity index (χ2v) is 7.86. The predicted molar refractivity (Wildman–Crippen MR) is 112 cm³/mol. The quantitative estimate of drug-likeness (QED) is 0.515. The molecule has 1 aromatic heterocycles. The molecule has 8 heteroatoms. The number of hydrogen-bond acceptors (Lipinski definition) is 5. The second-order valence-electron chi connectivity index (χ2n) is 5.56. The first kappa shape index (κ1) is 18.9. The molecule has 0 radical (unpaired) electrons. The van der Waals surface area contributed by atoms with Crippen LogP contribution >= 0.6 is 23.1 Å². The van der Waals surface area contributed by atoms with Gasteiger partial charge in [0.2, 0.25) is 5.91 Å². The Morgan fingerprint density at radius 1 is 0.963 bits per heavy atom. The molecule has 0 unspecified atom stereocenters. The number of thioether (sulfide) groups is 1. The molecule has 0 aliphatic rings. The highest BCUT2D eigenvalue weighted by atomic mass is 32.2. The number of hydrogen-bond donors (Lipinski definition) is 3. The minimum atomic E-state index is -0.308. The number of carbonyl (C=O) groups excluding carboxylic acids is 2. The summed E-state index contributed by atoms with van der Waals surface area (Å²) in [6.07, 6.45) is 1.65. The number of urea groups is 1. The highest BCUT2D eigenvalue weighted by Crippen LogP contribution is 2.26. The van der Waals surface area contributed by atoms with E-state index in [9.17, 15) is 9.59 Å². The van der Waals surface area contributed by atoms with Gasteiger partial charge in [0.05, 0.1) is 5.25 Å². The molecule has 0 saturated carbocycles. The van der Waals surface area contributed by atoms with Gasteiger partial charge in [0.1, 0.15) is 0 Å². The highest BCUT2D eigenvalue weighted by molar-refractivity contribution is 8.00. The molecule has 0 aliphatic heterocycles. The largest absolute Gasteiger partial charge is 0.323 e. The summed E-state index contributed by atoms with van der Waals surface area (Å²) in [6.45, 7) is 1.84. The molecule has 138 valence electrons. The van der Waals surface area contributed by atoms with Crippen LogP contribution < -0.4 is 16.0 Å². The Labute approximate surface area is 165 Å². The molecule has 2 aromatic carbocycles. The van der Waals surface area contributed by atoms with Crippen LogP contribution in [-0.4, -0.2) is 22.2 Å². The van der Waals surface area contributed by atoms with Crippen LogP contribution in [0.2, 0.25) is 0 Å². The number of para-hydroxylation sites is 1. The minimum Gasteiger partial charge on any atom is -0.308 e. The van der Waals surface area contributed by atoms with Gasteiger partial charge in [-0.2, -0.15) is 0 Å². The molecule has 27 heavy (non-hydrogen) atoms. The number of thiazole rings is 1. The molecule has 1 heterocycles. The fraction of sp³-hybridized carbons (Fsp3) is 0.105. The van der Waals surface area contributed by atoms with Crippen LogP contribution in [0.25, 0.3) is 0 Å². The van der Waals surface area contributed by atoms with Crippen LogP contribution in [0, 0.1) is 0 Å². The summed E-state index contributed by atoms with van der Waals surface area (Å²) in [7, 11) is 0. The SMILES string of the molecule is C[C@H](Sc1ccc(NC(=O)Nc2ccccc2)cc1)C(=O)Nc1nccs1. The summed E-state index contributed by atoms with van der Waals surface area (Å²) in [5, 5.41) is 10.5. The maximum atomic E-state index is 12.2. The lowest BCUT2D eigenvalue weighted by Crippen LogP contribution is -2.22. The molecular formula is C19H18N4O2S2. The first-order chi connectivity index (χ1) is 13.1. The summed E-state index contributed by atoms with van der Waals surface area (Å²) in [4.78, 5) is 29.2. The number of anilines is 3. The van der Waals surface area contributed by atoms with Crippen LogP contribution in [0.5, 0.6) is 0 Å². The number of aromatic nitrogens is 1. The van der Waals surface area contributed by atoms with Gasteiger partial charge in [0, 0.05) is 27.8 Å². The van der Waals surface area contributed by atoms with E-state index in [-0.39, 0.29) is 17.2 Å². The predicted octanol–water partition coefficient (Wildman–Crippen LogP) is 4.91. The van der Waals surface area contributed by atoms with Gasteiger partial charge in [-0.15, -0.1) is 23.1 Å². The van der Waals surface area contributed by atoms with E-state index in [1.54, 1.807) is 18.3 Å². The van der Waals surface area contributed by atoms with Gasteiger partial charge in [0.25, 0.3) is 0 Å². The lowest BCUT2D eigenvalue weighted by atomic mass is 10.3. The third-order valence-electron chi connectivity index (χ3n) is 3.49. The average Bonchev–Trinajstić information content (AvgIpc) is 3.17. The fourth-order valence-electron chi connectivity index (χ4n) is 2.18. The van der Waals surface area contributed by atoms with E-state index in [4.69, 9.17) is 0 Å². The van der Waals surface area contributed by atoms with Gasteiger partial charge in [-0.25, -0.2) is 9.78 Å². The second kappa shape index (κ2) is 9.20. The van der Waals surface area contributed by atoms with E-state index in [0.717, 1.165) is 10.6 Å². The van der Waals surface area contributed by atoms with Crippen molar-refractivity contribution in [1.82, 2.24) is 4.98 Å². The van der Waals surface area contributed by atoms with Crippen LogP contribution in [-0.2, 0) is 4.79 Å². The van der Waals surface area contributed by atoms with E-state index in [2.05, 4.69) is 20.9 Å². The van der Waals surface area contributed by atoms with E-state index in [1.807, 2.05) is 54.8 Å². The molecule has 0 bridgehead atoms. The third kappa shape index (κ3) is 5.83. The number of benzene rings is 2. The summed E-state index contributed by atoms with van der Waals surface area (Å²) in [5.74, 6) is -0.0978. The number of nitrogens with zero attached hydrogens (tertiary/aromatic N) is 1. The topological polar surface area (TPSA) is 83.1 Å². The zero-order chi connectivity index (χ0) is 19.1. The molecule has 3 N–H and O–H groups in total. The molecule has 6 nitrogen and oxygen atoms in total. The molecule has 0 spiro atoms. The summed E-state index contributed by atoms with van der Waals surface area (Å²) >= 11 is 2.82. The lowest BCUT2D eigenvalue weighted by Gasteiger charge is -2.11. The van der Waals surface area contributed by atoms with Crippen molar-refractivity contribution in [3.05, 3.63) is 66.2 Å². The molecule has 1 atom stereocenters. The van der Waals surface area contributed by atoms with Crippen molar-refractivity contribution in [2.75, 3.05) is 16.0 Å². The van der Waals surface area contributed by atoms with Gasteiger partial charge in [-0.05, 0) is 43.3 Å². The Balaban J connectivity index is 1.50. The van der Waals surface area contributed by atoms with Crippen molar-refractivity contribution in [2.45, 2.75) is 17.1 Å². The van der Waals surface area contributed by atoms with Gasteiger partial charge < -0.3 is 16.0 Å². The molecule has 3 amide bonds. The fourth-order valence-corrected chi connectivity index (χ4v) is 3.58. The van der Waals surface area contributed by atoms with E-state index < -0.39 is 0 Å². The van der Waals surface area contributed by atoms with Gasteiger partial charge >= 0.3 is 6.03 Å². The maximum Gasteiger partial charge on any atom is 0.323 e. The van der Waals surface area contributed by atoms with E-state index in [1.165, 1.54) is 23.1 Å².